The van der Waals surface area contributed by atoms with Crippen LogP contribution in [0.3, 0.4) is 0 Å². The fourth-order valence-electron chi connectivity index (χ4n) is 6.24. The molecule has 210 valence electrons. The summed E-state index contributed by atoms with van der Waals surface area (Å²) in [5, 5.41) is 5.36. The molecule has 40 heavy (non-hydrogen) atoms. The first-order chi connectivity index (χ1) is 19.2. The first-order valence-electron chi connectivity index (χ1n) is 13.8. The van der Waals surface area contributed by atoms with Crippen molar-refractivity contribution in [1.82, 2.24) is 15.6 Å². The number of fused-ring (bicyclic) bond motifs is 3. The molecule has 0 unspecified atom stereocenters. The SMILES string of the molecule is CCCCc1c(C2CCNCC2)c(C(N)=O)nc(C(=O)NCC(F)(F)F)c1C1c2ccccc2-c2ccccc21. The monoisotopic (exact) mass is 550 g/mol. The van der Waals surface area contributed by atoms with E-state index in [2.05, 4.69) is 17.2 Å². The highest BCUT2D eigenvalue weighted by atomic mass is 19.4. The Morgan fingerprint density at radius 2 is 1.57 bits per heavy atom. The molecule has 0 radical (unpaired) electrons. The molecule has 1 fully saturated rings. The van der Waals surface area contributed by atoms with Crippen LogP contribution in [0, 0.1) is 0 Å². The number of piperidine rings is 1. The third-order valence-corrected chi connectivity index (χ3v) is 7.93. The summed E-state index contributed by atoms with van der Waals surface area (Å²) < 4.78 is 39.5. The van der Waals surface area contributed by atoms with E-state index in [4.69, 9.17) is 5.73 Å². The number of hydrogen-bond donors (Lipinski definition) is 3. The summed E-state index contributed by atoms with van der Waals surface area (Å²) >= 11 is 0. The number of nitrogens with zero attached hydrogens (tertiary/aromatic N) is 1. The second-order valence-electron chi connectivity index (χ2n) is 10.5. The van der Waals surface area contributed by atoms with Gasteiger partial charge in [-0.25, -0.2) is 4.98 Å². The molecule has 4 N–H and O–H groups in total. The van der Waals surface area contributed by atoms with Gasteiger partial charge in [-0.15, -0.1) is 0 Å². The molecule has 1 aliphatic heterocycles. The summed E-state index contributed by atoms with van der Waals surface area (Å²) in [6.07, 6.45) is -0.904. The number of rotatable bonds is 8. The molecule has 2 amide bonds. The quantitative estimate of drug-likeness (QED) is 0.272. The first-order valence-corrected chi connectivity index (χ1v) is 13.8. The Bertz CT molecular complexity index is 1390. The van der Waals surface area contributed by atoms with Crippen molar-refractivity contribution in [3.05, 3.63) is 87.7 Å². The molecular weight excluding hydrogens is 517 g/mol. The minimum Gasteiger partial charge on any atom is -0.364 e. The Kier molecular flexibility index (Phi) is 7.94. The van der Waals surface area contributed by atoms with Gasteiger partial charge >= 0.3 is 6.18 Å². The van der Waals surface area contributed by atoms with E-state index in [9.17, 15) is 22.8 Å². The zero-order valence-corrected chi connectivity index (χ0v) is 22.4. The molecule has 2 aromatic carbocycles. The fraction of sp³-hybridized carbons (Fsp3) is 0.387. The molecule has 0 saturated carbocycles. The van der Waals surface area contributed by atoms with Crippen LogP contribution in [0.4, 0.5) is 13.2 Å². The van der Waals surface area contributed by atoms with Crippen molar-refractivity contribution in [2.45, 2.75) is 57.0 Å². The highest BCUT2D eigenvalue weighted by Gasteiger charge is 2.39. The van der Waals surface area contributed by atoms with Gasteiger partial charge < -0.3 is 16.4 Å². The van der Waals surface area contributed by atoms with Crippen LogP contribution >= 0.6 is 0 Å². The summed E-state index contributed by atoms with van der Waals surface area (Å²) in [5.41, 5.74) is 11.7. The van der Waals surface area contributed by atoms with Crippen molar-refractivity contribution in [1.29, 1.82) is 0 Å². The molecule has 1 aliphatic carbocycles. The maximum Gasteiger partial charge on any atom is 0.405 e. The third-order valence-electron chi connectivity index (χ3n) is 7.93. The van der Waals surface area contributed by atoms with Crippen LogP contribution in [0.25, 0.3) is 11.1 Å². The van der Waals surface area contributed by atoms with Crippen molar-refractivity contribution in [2.75, 3.05) is 19.6 Å². The van der Waals surface area contributed by atoms with E-state index < -0.39 is 30.5 Å². The third kappa shape index (κ3) is 5.35. The molecule has 1 saturated heterocycles. The van der Waals surface area contributed by atoms with E-state index >= 15 is 0 Å². The van der Waals surface area contributed by atoms with Crippen molar-refractivity contribution < 1.29 is 22.8 Å². The van der Waals surface area contributed by atoms with Gasteiger partial charge in [-0.1, -0.05) is 61.9 Å². The number of carbonyl (C=O) groups excluding carboxylic acids is 2. The van der Waals surface area contributed by atoms with Crippen molar-refractivity contribution in [3.8, 4) is 11.1 Å². The van der Waals surface area contributed by atoms with Gasteiger partial charge in [0.05, 0.1) is 0 Å². The fourth-order valence-corrected chi connectivity index (χ4v) is 6.24. The van der Waals surface area contributed by atoms with Gasteiger partial charge in [-0.05, 0) is 83.6 Å². The average Bonchev–Trinajstić information content (AvgIpc) is 3.28. The van der Waals surface area contributed by atoms with E-state index in [0.717, 1.165) is 72.2 Å². The number of aromatic nitrogens is 1. The lowest BCUT2D eigenvalue weighted by molar-refractivity contribution is -0.123. The Labute approximate surface area is 231 Å². The van der Waals surface area contributed by atoms with Crippen LogP contribution in [-0.4, -0.2) is 42.6 Å². The van der Waals surface area contributed by atoms with Crippen LogP contribution in [0.5, 0.6) is 0 Å². The lowest BCUT2D eigenvalue weighted by Gasteiger charge is -2.31. The number of alkyl halides is 3. The predicted octanol–water partition coefficient (Wildman–Crippen LogP) is 5.44. The highest BCUT2D eigenvalue weighted by Crippen LogP contribution is 2.50. The standard InChI is InChI=1S/C31H33F3N4O2/c1-2-3-8-23-24(18-13-15-36-16-14-18)27(29(35)39)38-28(30(40)37-17-31(32,33)34)26(23)25-21-11-6-4-9-19(21)20-10-5-7-12-22(20)25/h4-7,9-12,18,25,36H,2-3,8,13-17H2,1H3,(H2,35,39)(H,37,40). The number of benzene rings is 2. The summed E-state index contributed by atoms with van der Waals surface area (Å²) in [4.78, 5) is 30.9. The Balaban J connectivity index is 1.83. The molecule has 0 bridgehead atoms. The Hall–Kier alpha value is -3.72. The largest absolute Gasteiger partial charge is 0.405 e. The second-order valence-corrected chi connectivity index (χ2v) is 10.5. The minimum absolute atomic E-state index is 0.0129. The van der Waals surface area contributed by atoms with Crippen molar-refractivity contribution in [2.24, 2.45) is 5.73 Å². The first kappa shape index (κ1) is 27.8. The lowest BCUT2D eigenvalue weighted by Crippen LogP contribution is -2.36. The van der Waals surface area contributed by atoms with Crippen LogP contribution in [-0.2, 0) is 6.42 Å². The topological polar surface area (TPSA) is 97.1 Å². The summed E-state index contributed by atoms with van der Waals surface area (Å²) in [7, 11) is 0. The molecule has 5 rings (SSSR count). The highest BCUT2D eigenvalue weighted by molar-refractivity contribution is 5.99. The van der Waals surface area contributed by atoms with Gasteiger partial charge in [0, 0.05) is 5.92 Å². The van der Waals surface area contributed by atoms with Crippen LogP contribution < -0.4 is 16.4 Å². The summed E-state index contributed by atoms with van der Waals surface area (Å²) in [6.45, 7) is 2.07. The summed E-state index contributed by atoms with van der Waals surface area (Å²) in [5.74, 6) is -2.19. The maximum absolute atomic E-state index is 13.5. The van der Waals surface area contributed by atoms with Crippen molar-refractivity contribution >= 4 is 11.8 Å². The molecule has 3 aromatic rings. The molecular formula is C31H33F3N4O2. The van der Waals surface area contributed by atoms with E-state index in [-0.39, 0.29) is 17.3 Å². The van der Waals surface area contributed by atoms with E-state index in [1.54, 1.807) is 0 Å². The van der Waals surface area contributed by atoms with Gasteiger partial charge in [-0.3, -0.25) is 9.59 Å². The number of unbranched alkanes of at least 4 members (excludes halogenated alkanes) is 1. The average molecular weight is 551 g/mol. The Morgan fingerprint density at radius 1 is 0.975 bits per heavy atom. The number of nitrogens with two attached hydrogens (primary N) is 1. The molecule has 0 spiro atoms. The molecule has 9 heteroatoms. The molecule has 6 nitrogen and oxygen atoms in total. The van der Waals surface area contributed by atoms with E-state index in [0.29, 0.717) is 12.0 Å². The normalized spacial score (nSPS) is 15.5. The van der Waals surface area contributed by atoms with Gasteiger partial charge in [0.25, 0.3) is 11.8 Å². The van der Waals surface area contributed by atoms with Crippen LogP contribution in [0.15, 0.2) is 48.5 Å². The van der Waals surface area contributed by atoms with Crippen LogP contribution in [0.1, 0.15) is 93.2 Å². The zero-order chi connectivity index (χ0) is 28.4. The number of nitrogens with one attached hydrogen (secondary N) is 2. The molecule has 1 aromatic heterocycles. The van der Waals surface area contributed by atoms with Crippen LogP contribution in [0.2, 0.25) is 0 Å². The second kappa shape index (κ2) is 11.4. The number of hydrogen-bond acceptors (Lipinski definition) is 4. The number of carbonyl (C=O) groups is 2. The molecule has 0 atom stereocenters. The van der Waals surface area contributed by atoms with E-state index in [1.165, 1.54) is 0 Å². The molecule has 2 heterocycles. The smallest absolute Gasteiger partial charge is 0.364 e. The van der Waals surface area contributed by atoms with Crippen molar-refractivity contribution in [3.63, 3.8) is 0 Å². The van der Waals surface area contributed by atoms with Gasteiger partial charge in [0.2, 0.25) is 0 Å². The Morgan fingerprint density at radius 3 is 2.12 bits per heavy atom. The lowest BCUT2D eigenvalue weighted by atomic mass is 9.77. The number of pyridine rings is 1. The number of primary amides is 1. The van der Waals surface area contributed by atoms with Gasteiger partial charge in [-0.2, -0.15) is 13.2 Å². The van der Waals surface area contributed by atoms with Gasteiger partial charge in [0.1, 0.15) is 17.9 Å². The number of halogens is 3. The summed E-state index contributed by atoms with van der Waals surface area (Å²) in [6, 6.07) is 15.8. The van der Waals surface area contributed by atoms with E-state index in [1.807, 2.05) is 53.8 Å². The maximum atomic E-state index is 13.5. The number of amides is 2. The minimum atomic E-state index is -4.60. The van der Waals surface area contributed by atoms with Gasteiger partial charge in [0.15, 0.2) is 0 Å². The molecule has 2 aliphatic rings. The zero-order valence-electron chi connectivity index (χ0n) is 22.4. The predicted molar refractivity (Wildman–Crippen MR) is 147 cm³/mol.